The monoisotopic (exact) mass is 767 g/mol. The molecule has 1 aliphatic rings. The van der Waals surface area contributed by atoms with Gasteiger partial charge in [-0.1, -0.05) is 166 Å². The number of aromatic nitrogens is 3. The number of nitrogens with zero attached hydrogens (tertiary/aromatic N) is 3. The molecule has 2 aromatic heterocycles. The van der Waals surface area contributed by atoms with Gasteiger partial charge >= 0.3 is 0 Å². The molecule has 11 aromatic rings. The Morgan fingerprint density at radius 1 is 0.350 bits per heavy atom. The van der Waals surface area contributed by atoms with Gasteiger partial charge in [-0.3, -0.25) is 0 Å². The first kappa shape index (κ1) is 34.4. The highest BCUT2D eigenvalue weighted by atomic mass is 16.3. The summed E-state index contributed by atoms with van der Waals surface area (Å²) in [5, 5.41) is 6.85. The molecule has 0 saturated heterocycles. The van der Waals surface area contributed by atoms with Crippen LogP contribution in [0.2, 0.25) is 0 Å². The topological polar surface area (TPSA) is 51.8 Å². The first-order valence-corrected chi connectivity index (χ1v) is 20.5. The average Bonchev–Trinajstić information content (AvgIpc) is 3.80. The fourth-order valence-electron chi connectivity index (χ4n) is 9.55. The molecular formula is C56H37N3O. The first-order valence-electron chi connectivity index (χ1n) is 20.5. The number of fused-ring (bicyclic) bond motifs is 9. The number of furan rings is 1. The van der Waals surface area contributed by atoms with E-state index in [9.17, 15) is 0 Å². The highest BCUT2D eigenvalue weighted by Gasteiger charge is 2.35. The van der Waals surface area contributed by atoms with Gasteiger partial charge in [-0.2, -0.15) is 0 Å². The number of hydrogen-bond donors (Lipinski definition) is 0. The van der Waals surface area contributed by atoms with E-state index < -0.39 is 0 Å². The molecule has 0 amide bonds. The zero-order valence-corrected chi connectivity index (χ0v) is 33.1. The van der Waals surface area contributed by atoms with Crippen LogP contribution in [0.5, 0.6) is 0 Å². The molecule has 12 rings (SSSR count). The Balaban J connectivity index is 1.03. The summed E-state index contributed by atoms with van der Waals surface area (Å²) in [7, 11) is 0. The van der Waals surface area contributed by atoms with Crippen LogP contribution in [0.15, 0.2) is 192 Å². The summed E-state index contributed by atoms with van der Waals surface area (Å²) in [5.41, 5.74) is 14.1. The third kappa shape index (κ3) is 5.34. The normalized spacial score (nSPS) is 13.0. The molecule has 0 spiro atoms. The van der Waals surface area contributed by atoms with Gasteiger partial charge in [0.05, 0.1) is 0 Å². The fourth-order valence-corrected chi connectivity index (χ4v) is 9.55. The second-order valence-corrected chi connectivity index (χ2v) is 16.4. The SMILES string of the molecule is CC1(C)c2ccccc2-c2cc(-c3nc(-c4cccc(-c5ccc6c(c5)oc5cccc(-c7ccccc7)c56)c4)nc(-c4cc5ccccc5c5ccccc45)n3)ccc21. The highest BCUT2D eigenvalue weighted by molar-refractivity contribution is 6.14. The van der Waals surface area contributed by atoms with Crippen LogP contribution in [-0.4, -0.2) is 15.0 Å². The lowest BCUT2D eigenvalue weighted by Gasteiger charge is -2.21. The molecule has 4 heteroatoms. The summed E-state index contributed by atoms with van der Waals surface area (Å²) in [6.07, 6.45) is 0. The molecule has 282 valence electrons. The Kier molecular flexibility index (Phi) is 7.54. The van der Waals surface area contributed by atoms with Crippen molar-refractivity contribution >= 4 is 43.5 Å². The van der Waals surface area contributed by atoms with E-state index in [0.717, 1.165) is 60.5 Å². The third-order valence-electron chi connectivity index (χ3n) is 12.5. The van der Waals surface area contributed by atoms with Gasteiger partial charge in [0.1, 0.15) is 11.2 Å². The van der Waals surface area contributed by atoms with Crippen molar-refractivity contribution in [2.45, 2.75) is 19.3 Å². The number of rotatable bonds is 5. The minimum absolute atomic E-state index is 0.0973. The number of benzene rings is 9. The molecule has 0 bridgehead atoms. The predicted octanol–water partition coefficient (Wildman–Crippen LogP) is 14.7. The van der Waals surface area contributed by atoms with Crippen LogP contribution >= 0.6 is 0 Å². The summed E-state index contributed by atoms with van der Waals surface area (Å²) in [6.45, 7) is 4.62. The lowest BCUT2D eigenvalue weighted by molar-refractivity contribution is 0.660. The van der Waals surface area contributed by atoms with E-state index in [4.69, 9.17) is 19.4 Å². The average molecular weight is 768 g/mol. The van der Waals surface area contributed by atoms with Crippen molar-refractivity contribution in [2.24, 2.45) is 0 Å². The maximum Gasteiger partial charge on any atom is 0.164 e. The van der Waals surface area contributed by atoms with E-state index in [1.165, 1.54) is 44.2 Å². The van der Waals surface area contributed by atoms with Crippen LogP contribution in [0.25, 0.3) is 111 Å². The summed E-state index contributed by atoms with van der Waals surface area (Å²) < 4.78 is 6.52. The maximum atomic E-state index is 6.52. The van der Waals surface area contributed by atoms with Crippen LogP contribution in [0.3, 0.4) is 0 Å². The molecule has 0 radical (unpaired) electrons. The Morgan fingerprint density at radius 3 is 1.83 bits per heavy atom. The van der Waals surface area contributed by atoms with Crippen molar-refractivity contribution in [3.8, 4) is 67.5 Å². The molecular weight excluding hydrogens is 731 g/mol. The molecule has 60 heavy (non-hydrogen) atoms. The van der Waals surface area contributed by atoms with Gasteiger partial charge in [0.25, 0.3) is 0 Å². The highest BCUT2D eigenvalue weighted by Crippen LogP contribution is 2.49. The standard InChI is InChI=1S/C56H37N3O/c1-56(2)48-24-11-10-22-44(48)46-32-39(27-29-49(46)56)54-57-53(58-55(59-54)47-31-37-16-6-7-19-40(37)42-20-8-9-21-43(42)47)38-18-12-17-35(30-38)36-26-28-45-51(33-36)60-50-25-13-23-41(52(45)50)34-14-4-3-5-15-34/h3-33H,1-2H3. The van der Waals surface area contributed by atoms with Crippen molar-refractivity contribution in [3.63, 3.8) is 0 Å². The van der Waals surface area contributed by atoms with Crippen LogP contribution in [0.4, 0.5) is 0 Å². The Morgan fingerprint density at radius 2 is 0.967 bits per heavy atom. The van der Waals surface area contributed by atoms with E-state index in [0.29, 0.717) is 17.5 Å². The lowest BCUT2D eigenvalue weighted by Crippen LogP contribution is -2.14. The fraction of sp³-hybridized carbons (Fsp3) is 0.0536. The van der Waals surface area contributed by atoms with E-state index in [-0.39, 0.29) is 5.41 Å². The molecule has 1 aliphatic carbocycles. The van der Waals surface area contributed by atoms with Crippen molar-refractivity contribution in [2.75, 3.05) is 0 Å². The van der Waals surface area contributed by atoms with Crippen LogP contribution in [0.1, 0.15) is 25.0 Å². The summed E-state index contributed by atoms with van der Waals surface area (Å²) in [6, 6.07) is 66.6. The van der Waals surface area contributed by atoms with E-state index in [2.05, 4.69) is 196 Å². The van der Waals surface area contributed by atoms with Gasteiger partial charge in [-0.15, -0.1) is 0 Å². The Bertz CT molecular complexity index is 3530. The minimum atomic E-state index is -0.0973. The second-order valence-electron chi connectivity index (χ2n) is 16.4. The van der Waals surface area contributed by atoms with Gasteiger partial charge in [0.2, 0.25) is 0 Å². The van der Waals surface area contributed by atoms with Gasteiger partial charge in [0, 0.05) is 32.9 Å². The lowest BCUT2D eigenvalue weighted by atomic mass is 9.82. The quantitative estimate of drug-likeness (QED) is 0.164. The molecule has 0 aliphatic heterocycles. The van der Waals surface area contributed by atoms with E-state index in [1.807, 2.05) is 6.07 Å². The largest absolute Gasteiger partial charge is 0.456 e. The van der Waals surface area contributed by atoms with Crippen molar-refractivity contribution < 1.29 is 4.42 Å². The summed E-state index contributed by atoms with van der Waals surface area (Å²) >= 11 is 0. The molecule has 0 N–H and O–H groups in total. The third-order valence-corrected chi connectivity index (χ3v) is 12.5. The molecule has 0 atom stereocenters. The molecule has 9 aromatic carbocycles. The molecule has 0 unspecified atom stereocenters. The Labute approximate surface area is 347 Å². The van der Waals surface area contributed by atoms with Crippen LogP contribution < -0.4 is 0 Å². The van der Waals surface area contributed by atoms with Crippen LogP contribution in [0, 0.1) is 0 Å². The Hall–Kier alpha value is -7.69. The van der Waals surface area contributed by atoms with Gasteiger partial charge in [-0.05, 0) is 102 Å². The minimum Gasteiger partial charge on any atom is -0.456 e. The zero-order chi connectivity index (χ0) is 40.0. The first-order chi connectivity index (χ1) is 29.5. The molecule has 0 fully saturated rings. The summed E-state index contributed by atoms with van der Waals surface area (Å²) in [5.74, 6) is 1.90. The molecule has 2 heterocycles. The van der Waals surface area contributed by atoms with Gasteiger partial charge in [0.15, 0.2) is 17.5 Å². The zero-order valence-electron chi connectivity index (χ0n) is 33.1. The molecule has 4 nitrogen and oxygen atoms in total. The van der Waals surface area contributed by atoms with Gasteiger partial charge in [-0.25, -0.2) is 15.0 Å². The predicted molar refractivity (Wildman–Crippen MR) is 247 cm³/mol. The van der Waals surface area contributed by atoms with Crippen molar-refractivity contribution in [1.29, 1.82) is 0 Å². The van der Waals surface area contributed by atoms with Gasteiger partial charge < -0.3 is 4.42 Å². The van der Waals surface area contributed by atoms with E-state index >= 15 is 0 Å². The van der Waals surface area contributed by atoms with Crippen molar-refractivity contribution in [1.82, 2.24) is 15.0 Å². The number of hydrogen-bond acceptors (Lipinski definition) is 4. The smallest absolute Gasteiger partial charge is 0.164 e. The second kappa shape index (κ2) is 13.2. The van der Waals surface area contributed by atoms with E-state index in [1.54, 1.807) is 0 Å². The van der Waals surface area contributed by atoms with Crippen molar-refractivity contribution in [3.05, 3.63) is 199 Å². The van der Waals surface area contributed by atoms with Crippen LogP contribution in [-0.2, 0) is 5.41 Å². The summed E-state index contributed by atoms with van der Waals surface area (Å²) in [4.78, 5) is 15.9. The maximum absolute atomic E-state index is 6.52. The molecule has 0 saturated carbocycles.